The van der Waals surface area contributed by atoms with E-state index in [0.29, 0.717) is 17.1 Å². The molecule has 0 atom stereocenters. The third kappa shape index (κ3) is 1.22. The normalized spacial score (nSPS) is 21.6. The minimum absolute atomic E-state index is 0.424. The largest absolute Gasteiger partial charge is 0.397 e. The number of nitrogens with one attached hydrogen (secondary N) is 1. The highest BCUT2D eigenvalue weighted by Gasteiger charge is 2.13. The van der Waals surface area contributed by atoms with Crippen LogP contribution in [0.25, 0.3) is 0 Å². The molecule has 11 heavy (non-hydrogen) atoms. The van der Waals surface area contributed by atoms with Crippen molar-refractivity contribution in [1.82, 2.24) is 0 Å². The Morgan fingerprint density at radius 1 is 1.45 bits per heavy atom. The van der Waals surface area contributed by atoms with Crippen LogP contribution in [-0.4, -0.2) is 18.5 Å². The van der Waals surface area contributed by atoms with E-state index in [9.17, 15) is 0 Å². The molecule has 1 aliphatic rings. The zero-order valence-electron chi connectivity index (χ0n) is 6.68. The van der Waals surface area contributed by atoms with Crippen molar-refractivity contribution in [2.75, 3.05) is 7.05 Å². The highest BCUT2D eigenvalue weighted by atomic mass is 14.8. The first-order chi connectivity index (χ1) is 5.16. The quantitative estimate of drug-likeness (QED) is 0.493. The van der Waals surface area contributed by atoms with Crippen LogP contribution >= 0.6 is 0 Å². The molecule has 3 N–H and O–H groups in total. The molecule has 0 aromatic carbocycles. The standard InChI is InChI=1S/C8H11N3/c1-5-3-4-6(9)8(11-2)7(5)10/h3-4,10H,9H2,1-2H3. The maximum Gasteiger partial charge on any atom is 0.105 e. The first-order valence-corrected chi connectivity index (χ1v) is 3.37. The molecule has 0 radical (unpaired) electrons. The van der Waals surface area contributed by atoms with Gasteiger partial charge in [0.05, 0.1) is 11.4 Å². The summed E-state index contributed by atoms with van der Waals surface area (Å²) in [7, 11) is 1.64. The van der Waals surface area contributed by atoms with Gasteiger partial charge < -0.3 is 5.73 Å². The topological polar surface area (TPSA) is 62.2 Å². The van der Waals surface area contributed by atoms with Gasteiger partial charge in [-0.1, -0.05) is 6.08 Å². The van der Waals surface area contributed by atoms with E-state index in [0.717, 1.165) is 5.57 Å². The van der Waals surface area contributed by atoms with Crippen molar-refractivity contribution in [2.24, 2.45) is 10.7 Å². The number of nitrogens with zero attached hydrogens (tertiary/aromatic N) is 1. The first kappa shape index (κ1) is 7.72. The number of hydrogen-bond acceptors (Lipinski definition) is 3. The van der Waals surface area contributed by atoms with Gasteiger partial charge in [0.1, 0.15) is 5.71 Å². The minimum Gasteiger partial charge on any atom is -0.397 e. The van der Waals surface area contributed by atoms with Crippen LogP contribution in [-0.2, 0) is 0 Å². The van der Waals surface area contributed by atoms with E-state index < -0.39 is 0 Å². The summed E-state index contributed by atoms with van der Waals surface area (Å²) in [6.07, 6.45) is 3.60. The molecule has 1 rings (SSSR count). The molecule has 0 heterocycles. The van der Waals surface area contributed by atoms with Crippen LogP contribution in [0.15, 0.2) is 28.4 Å². The molecule has 0 aromatic heterocycles. The second-order valence-electron chi connectivity index (χ2n) is 2.42. The van der Waals surface area contributed by atoms with Crippen molar-refractivity contribution in [3.05, 3.63) is 23.4 Å². The summed E-state index contributed by atoms with van der Waals surface area (Å²) in [6.45, 7) is 1.87. The van der Waals surface area contributed by atoms with Crippen molar-refractivity contribution in [3.8, 4) is 0 Å². The molecule has 0 saturated heterocycles. The van der Waals surface area contributed by atoms with E-state index in [2.05, 4.69) is 4.99 Å². The van der Waals surface area contributed by atoms with Crippen LogP contribution in [0.2, 0.25) is 0 Å². The van der Waals surface area contributed by atoms with Gasteiger partial charge in [-0.3, -0.25) is 10.4 Å². The van der Waals surface area contributed by atoms with Crippen LogP contribution in [0, 0.1) is 5.41 Å². The predicted molar refractivity (Wildman–Crippen MR) is 47.1 cm³/mol. The maximum absolute atomic E-state index is 7.56. The predicted octanol–water partition coefficient (Wildman–Crippen LogP) is 0.879. The van der Waals surface area contributed by atoms with Crippen LogP contribution in [0.3, 0.4) is 0 Å². The molecule has 0 aliphatic heterocycles. The van der Waals surface area contributed by atoms with E-state index in [1.54, 1.807) is 13.1 Å². The molecule has 0 bridgehead atoms. The number of hydrogen-bond donors (Lipinski definition) is 2. The van der Waals surface area contributed by atoms with Gasteiger partial charge in [-0.25, -0.2) is 0 Å². The number of nitrogens with two attached hydrogens (primary N) is 1. The Morgan fingerprint density at radius 3 is 2.55 bits per heavy atom. The van der Waals surface area contributed by atoms with Crippen molar-refractivity contribution in [2.45, 2.75) is 6.92 Å². The summed E-state index contributed by atoms with van der Waals surface area (Å²) in [5.41, 5.74) is 8.07. The van der Waals surface area contributed by atoms with Gasteiger partial charge in [0, 0.05) is 7.05 Å². The average Bonchev–Trinajstić information content (AvgIpc) is 1.99. The van der Waals surface area contributed by atoms with Gasteiger partial charge in [-0.15, -0.1) is 0 Å². The van der Waals surface area contributed by atoms with Crippen LogP contribution in [0.4, 0.5) is 0 Å². The minimum atomic E-state index is 0.424. The molecule has 0 aromatic rings. The highest BCUT2D eigenvalue weighted by molar-refractivity contribution is 6.52. The fourth-order valence-electron chi connectivity index (χ4n) is 0.949. The monoisotopic (exact) mass is 149 g/mol. The summed E-state index contributed by atoms with van der Waals surface area (Å²) in [5, 5.41) is 7.56. The fraction of sp³-hybridized carbons (Fsp3) is 0.250. The van der Waals surface area contributed by atoms with Gasteiger partial charge >= 0.3 is 0 Å². The van der Waals surface area contributed by atoms with Crippen LogP contribution in [0.5, 0.6) is 0 Å². The molecule has 0 spiro atoms. The van der Waals surface area contributed by atoms with Crippen molar-refractivity contribution >= 4 is 11.4 Å². The van der Waals surface area contributed by atoms with E-state index >= 15 is 0 Å². The number of aliphatic imine (C=N–C) groups is 1. The zero-order chi connectivity index (χ0) is 8.43. The van der Waals surface area contributed by atoms with Crippen LogP contribution in [0.1, 0.15) is 6.92 Å². The molecule has 3 nitrogen and oxygen atoms in total. The number of rotatable bonds is 0. The molecule has 0 saturated carbocycles. The Hall–Kier alpha value is -1.38. The Balaban J connectivity index is 3.13. The lowest BCUT2D eigenvalue weighted by Crippen LogP contribution is -2.24. The summed E-state index contributed by atoms with van der Waals surface area (Å²) < 4.78 is 0. The lowest BCUT2D eigenvalue weighted by atomic mass is 10.00. The van der Waals surface area contributed by atoms with Crippen molar-refractivity contribution in [3.63, 3.8) is 0 Å². The Morgan fingerprint density at radius 2 is 2.09 bits per heavy atom. The van der Waals surface area contributed by atoms with Crippen molar-refractivity contribution in [1.29, 1.82) is 5.41 Å². The molecule has 0 amide bonds. The average molecular weight is 149 g/mol. The molecule has 0 unspecified atom stereocenters. The molecule has 58 valence electrons. The SMILES string of the molecule is CN=C1C(=N)C(C)=CC=C1N. The fourth-order valence-corrected chi connectivity index (χ4v) is 0.949. The molecular weight excluding hydrogens is 138 g/mol. The van der Waals surface area contributed by atoms with Gasteiger partial charge in [-0.2, -0.15) is 0 Å². The van der Waals surface area contributed by atoms with E-state index in [1.165, 1.54) is 0 Å². The van der Waals surface area contributed by atoms with Gasteiger partial charge in [0.15, 0.2) is 0 Å². The van der Waals surface area contributed by atoms with Gasteiger partial charge in [0.2, 0.25) is 0 Å². The number of allylic oxidation sites excluding steroid dienone is 4. The van der Waals surface area contributed by atoms with Gasteiger partial charge in [-0.05, 0) is 18.6 Å². The lowest BCUT2D eigenvalue weighted by Gasteiger charge is -2.11. The highest BCUT2D eigenvalue weighted by Crippen LogP contribution is 2.08. The lowest BCUT2D eigenvalue weighted by molar-refractivity contribution is 1.35. The summed E-state index contributed by atoms with van der Waals surface area (Å²) in [6, 6.07) is 0. The van der Waals surface area contributed by atoms with E-state index in [-0.39, 0.29) is 0 Å². The third-order valence-corrected chi connectivity index (χ3v) is 1.64. The van der Waals surface area contributed by atoms with E-state index in [4.69, 9.17) is 11.1 Å². The Labute approximate surface area is 65.8 Å². The summed E-state index contributed by atoms with van der Waals surface area (Å²) >= 11 is 0. The van der Waals surface area contributed by atoms with E-state index in [1.807, 2.05) is 13.0 Å². The van der Waals surface area contributed by atoms with Gasteiger partial charge in [0.25, 0.3) is 0 Å². The Kier molecular flexibility index (Phi) is 1.89. The molecule has 1 aliphatic carbocycles. The smallest absolute Gasteiger partial charge is 0.105 e. The zero-order valence-corrected chi connectivity index (χ0v) is 6.68. The maximum atomic E-state index is 7.56. The molecular formula is C8H11N3. The summed E-state index contributed by atoms with van der Waals surface area (Å²) in [4.78, 5) is 3.92. The second kappa shape index (κ2) is 2.70. The van der Waals surface area contributed by atoms with Crippen molar-refractivity contribution < 1.29 is 0 Å². The Bertz CT molecular complexity index is 278. The summed E-state index contributed by atoms with van der Waals surface area (Å²) in [5.74, 6) is 0. The molecule has 0 fully saturated rings. The third-order valence-electron chi connectivity index (χ3n) is 1.64. The van der Waals surface area contributed by atoms with Crippen LogP contribution < -0.4 is 5.73 Å². The molecule has 3 heteroatoms. The second-order valence-corrected chi connectivity index (χ2v) is 2.42. The first-order valence-electron chi connectivity index (χ1n) is 3.37.